The van der Waals surface area contributed by atoms with Gasteiger partial charge in [-0.3, -0.25) is 4.79 Å². The summed E-state index contributed by atoms with van der Waals surface area (Å²) < 4.78 is 0. The number of nitrogens with zero attached hydrogens (tertiary/aromatic N) is 1. The van der Waals surface area contributed by atoms with Gasteiger partial charge < -0.3 is 10.6 Å². The van der Waals surface area contributed by atoms with Gasteiger partial charge in [-0.25, -0.2) is 0 Å². The third-order valence-corrected chi connectivity index (χ3v) is 4.86. The van der Waals surface area contributed by atoms with Crippen LogP contribution < -0.4 is 5.73 Å². The average Bonchev–Trinajstić information content (AvgIpc) is 2.48. The molecule has 1 aromatic rings. The van der Waals surface area contributed by atoms with Crippen LogP contribution in [0.15, 0.2) is 24.3 Å². The molecule has 20 heavy (non-hydrogen) atoms. The second-order valence-electron chi connectivity index (χ2n) is 6.19. The van der Waals surface area contributed by atoms with Crippen LogP contribution >= 0.6 is 0 Å². The fourth-order valence-electron chi connectivity index (χ4n) is 2.85. The molecule has 0 atom stereocenters. The van der Waals surface area contributed by atoms with Crippen molar-refractivity contribution in [3.63, 3.8) is 0 Å². The number of amides is 1. The minimum atomic E-state index is 0.240. The lowest BCUT2D eigenvalue weighted by Crippen LogP contribution is -2.42. The third kappa shape index (κ3) is 3.40. The van der Waals surface area contributed by atoms with E-state index in [1.807, 2.05) is 29.2 Å². The van der Waals surface area contributed by atoms with E-state index in [0.717, 1.165) is 37.1 Å². The van der Waals surface area contributed by atoms with E-state index in [1.54, 1.807) is 0 Å². The number of likely N-dealkylation sites (tertiary alicyclic amines) is 1. The summed E-state index contributed by atoms with van der Waals surface area (Å²) in [5.74, 6) is 0.240. The Morgan fingerprint density at radius 2 is 1.85 bits per heavy atom. The summed E-state index contributed by atoms with van der Waals surface area (Å²) in [5, 5.41) is 0. The van der Waals surface area contributed by atoms with E-state index < -0.39 is 0 Å². The molecule has 1 amide bonds. The van der Waals surface area contributed by atoms with Crippen LogP contribution in [-0.4, -0.2) is 23.9 Å². The van der Waals surface area contributed by atoms with Gasteiger partial charge in [-0.1, -0.05) is 44.5 Å². The Morgan fingerprint density at radius 1 is 1.25 bits per heavy atom. The van der Waals surface area contributed by atoms with Gasteiger partial charge in [-0.15, -0.1) is 0 Å². The molecule has 3 heteroatoms. The summed E-state index contributed by atoms with van der Waals surface area (Å²) in [4.78, 5) is 14.4. The lowest BCUT2D eigenvalue weighted by Gasteiger charge is -2.39. The Hall–Kier alpha value is -1.35. The van der Waals surface area contributed by atoms with E-state index in [2.05, 4.69) is 13.8 Å². The molecule has 1 aromatic carbocycles. The molecule has 110 valence electrons. The van der Waals surface area contributed by atoms with E-state index in [0.29, 0.717) is 18.4 Å². The summed E-state index contributed by atoms with van der Waals surface area (Å²) in [6.45, 7) is 6.87. The topological polar surface area (TPSA) is 46.3 Å². The fraction of sp³-hybridized carbons (Fsp3) is 0.588. The van der Waals surface area contributed by atoms with Gasteiger partial charge in [0.1, 0.15) is 0 Å². The first-order valence-electron chi connectivity index (χ1n) is 7.62. The van der Waals surface area contributed by atoms with Gasteiger partial charge >= 0.3 is 0 Å². The monoisotopic (exact) mass is 274 g/mol. The summed E-state index contributed by atoms with van der Waals surface area (Å²) in [7, 11) is 0. The molecule has 1 heterocycles. The lowest BCUT2D eigenvalue weighted by atomic mass is 9.78. The molecule has 3 nitrogen and oxygen atoms in total. The Morgan fingerprint density at radius 3 is 2.40 bits per heavy atom. The normalized spacial score (nSPS) is 18.1. The highest BCUT2D eigenvalue weighted by Gasteiger charge is 2.30. The van der Waals surface area contributed by atoms with Crippen LogP contribution in [0.1, 0.15) is 44.2 Å². The lowest BCUT2D eigenvalue weighted by molar-refractivity contribution is -0.132. The van der Waals surface area contributed by atoms with Crippen molar-refractivity contribution in [1.29, 1.82) is 0 Å². The molecule has 2 N–H and O–H groups in total. The first kappa shape index (κ1) is 15.0. The van der Waals surface area contributed by atoms with E-state index in [4.69, 9.17) is 5.73 Å². The van der Waals surface area contributed by atoms with Crippen molar-refractivity contribution in [2.24, 2.45) is 11.1 Å². The third-order valence-electron chi connectivity index (χ3n) is 4.86. The van der Waals surface area contributed by atoms with Crippen LogP contribution in [0, 0.1) is 5.41 Å². The zero-order chi connectivity index (χ0) is 14.6. The summed E-state index contributed by atoms with van der Waals surface area (Å²) >= 11 is 0. The molecular weight excluding hydrogens is 248 g/mol. The molecule has 0 radical (unpaired) electrons. The average molecular weight is 274 g/mol. The Kier molecular flexibility index (Phi) is 4.81. The Bertz CT molecular complexity index is 462. The minimum absolute atomic E-state index is 0.240. The first-order valence-corrected chi connectivity index (χ1v) is 7.62. The largest absolute Gasteiger partial charge is 0.342 e. The van der Waals surface area contributed by atoms with Gasteiger partial charge in [0.05, 0.1) is 6.42 Å². The number of hydrogen-bond acceptors (Lipinski definition) is 2. The van der Waals surface area contributed by atoms with Crippen molar-refractivity contribution in [2.45, 2.75) is 46.1 Å². The highest BCUT2D eigenvalue weighted by atomic mass is 16.2. The molecule has 1 saturated heterocycles. The van der Waals surface area contributed by atoms with Crippen molar-refractivity contribution in [2.75, 3.05) is 13.1 Å². The number of carbonyl (C=O) groups is 1. The number of piperidine rings is 1. The van der Waals surface area contributed by atoms with Crippen LogP contribution in [-0.2, 0) is 17.8 Å². The van der Waals surface area contributed by atoms with Crippen LogP contribution in [0.25, 0.3) is 0 Å². The highest BCUT2D eigenvalue weighted by molar-refractivity contribution is 5.79. The molecular formula is C17H26N2O. The van der Waals surface area contributed by atoms with E-state index in [1.165, 1.54) is 6.42 Å². The van der Waals surface area contributed by atoms with Crippen molar-refractivity contribution in [3.05, 3.63) is 35.4 Å². The van der Waals surface area contributed by atoms with Crippen LogP contribution in [0.2, 0.25) is 0 Å². The van der Waals surface area contributed by atoms with Crippen molar-refractivity contribution < 1.29 is 4.79 Å². The van der Waals surface area contributed by atoms with E-state index >= 15 is 0 Å². The van der Waals surface area contributed by atoms with Gasteiger partial charge in [0.25, 0.3) is 0 Å². The van der Waals surface area contributed by atoms with E-state index in [9.17, 15) is 4.79 Å². The predicted molar refractivity (Wildman–Crippen MR) is 82.2 cm³/mol. The summed E-state index contributed by atoms with van der Waals surface area (Å²) in [5.41, 5.74) is 8.31. The second kappa shape index (κ2) is 6.40. The molecule has 1 aliphatic rings. The SMILES string of the molecule is CCC1(C)CCN(C(=O)Cc2ccccc2CN)CC1. The predicted octanol–water partition coefficient (Wildman–Crippen LogP) is 2.73. The number of benzene rings is 1. The molecule has 0 aromatic heterocycles. The Labute approximate surface area is 122 Å². The number of carbonyl (C=O) groups excluding carboxylic acids is 1. The number of hydrogen-bond donors (Lipinski definition) is 1. The molecule has 1 fully saturated rings. The zero-order valence-electron chi connectivity index (χ0n) is 12.7. The van der Waals surface area contributed by atoms with Gasteiger partial charge in [0.15, 0.2) is 0 Å². The van der Waals surface area contributed by atoms with Crippen LogP contribution in [0.5, 0.6) is 0 Å². The van der Waals surface area contributed by atoms with Crippen molar-refractivity contribution in [1.82, 2.24) is 4.90 Å². The van der Waals surface area contributed by atoms with Gasteiger partial charge in [0, 0.05) is 19.6 Å². The zero-order valence-corrected chi connectivity index (χ0v) is 12.7. The molecule has 0 aliphatic carbocycles. The minimum Gasteiger partial charge on any atom is -0.342 e. The quantitative estimate of drug-likeness (QED) is 0.917. The highest BCUT2D eigenvalue weighted by Crippen LogP contribution is 2.34. The maximum Gasteiger partial charge on any atom is 0.227 e. The smallest absolute Gasteiger partial charge is 0.227 e. The number of rotatable bonds is 4. The second-order valence-corrected chi connectivity index (χ2v) is 6.19. The van der Waals surface area contributed by atoms with Crippen LogP contribution in [0.3, 0.4) is 0 Å². The van der Waals surface area contributed by atoms with E-state index in [-0.39, 0.29) is 5.91 Å². The van der Waals surface area contributed by atoms with Gasteiger partial charge in [-0.05, 0) is 29.4 Å². The summed E-state index contributed by atoms with van der Waals surface area (Å²) in [6.07, 6.45) is 3.92. The molecule has 0 spiro atoms. The molecule has 2 rings (SSSR count). The molecule has 1 aliphatic heterocycles. The van der Waals surface area contributed by atoms with Gasteiger partial charge in [-0.2, -0.15) is 0 Å². The number of nitrogens with two attached hydrogens (primary N) is 1. The molecule has 0 unspecified atom stereocenters. The van der Waals surface area contributed by atoms with Crippen molar-refractivity contribution >= 4 is 5.91 Å². The standard InChI is InChI=1S/C17H26N2O/c1-3-17(2)8-10-19(11-9-17)16(20)12-14-6-4-5-7-15(14)13-18/h4-7H,3,8-13,18H2,1-2H3. The molecule has 0 saturated carbocycles. The van der Waals surface area contributed by atoms with Crippen molar-refractivity contribution in [3.8, 4) is 0 Å². The molecule has 0 bridgehead atoms. The Balaban J connectivity index is 1.96. The fourth-order valence-corrected chi connectivity index (χ4v) is 2.85. The maximum atomic E-state index is 12.4. The van der Waals surface area contributed by atoms with Gasteiger partial charge in [0.2, 0.25) is 5.91 Å². The summed E-state index contributed by atoms with van der Waals surface area (Å²) in [6, 6.07) is 7.98. The maximum absolute atomic E-state index is 12.4. The van der Waals surface area contributed by atoms with Crippen LogP contribution in [0.4, 0.5) is 0 Å². The first-order chi connectivity index (χ1) is 9.58.